The first-order valence-electron chi connectivity index (χ1n) is 6.56. The number of thioether (sulfide) groups is 1. The van der Waals surface area contributed by atoms with Crippen LogP contribution in [0.3, 0.4) is 0 Å². The van der Waals surface area contributed by atoms with Gasteiger partial charge >= 0.3 is 0 Å². The molecular formula is C16H17NO2S. The Morgan fingerprint density at radius 1 is 1.25 bits per heavy atom. The number of hydrogen-bond donors (Lipinski definition) is 1. The van der Waals surface area contributed by atoms with E-state index in [4.69, 9.17) is 15.2 Å². The molecule has 4 heteroatoms. The van der Waals surface area contributed by atoms with Gasteiger partial charge in [-0.25, -0.2) is 0 Å². The van der Waals surface area contributed by atoms with Crippen LogP contribution in [0.15, 0.2) is 47.4 Å². The molecule has 2 aromatic carbocycles. The van der Waals surface area contributed by atoms with E-state index < -0.39 is 0 Å². The molecule has 0 bridgehead atoms. The van der Waals surface area contributed by atoms with Crippen molar-refractivity contribution in [3.05, 3.63) is 48.0 Å². The second-order valence-electron chi connectivity index (χ2n) is 4.76. The number of nitrogen functional groups attached to an aromatic ring is 1. The van der Waals surface area contributed by atoms with Crippen LogP contribution in [0, 0.1) is 0 Å². The molecular weight excluding hydrogens is 270 g/mol. The van der Waals surface area contributed by atoms with E-state index in [-0.39, 0.29) is 0 Å². The Morgan fingerprint density at radius 3 is 2.90 bits per heavy atom. The topological polar surface area (TPSA) is 44.5 Å². The van der Waals surface area contributed by atoms with Crippen molar-refractivity contribution in [2.75, 3.05) is 25.2 Å². The van der Waals surface area contributed by atoms with Gasteiger partial charge in [-0.15, -0.1) is 11.8 Å². The van der Waals surface area contributed by atoms with Crippen molar-refractivity contribution in [2.45, 2.75) is 10.8 Å². The van der Waals surface area contributed by atoms with Crippen molar-refractivity contribution in [2.24, 2.45) is 0 Å². The average Bonchev–Trinajstić information content (AvgIpc) is 2.89. The van der Waals surface area contributed by atoms with Crippen molar-refractivity contribution < 1.29 is 9.47 Å². The van der Waals surface area contributed by atoms with Gasteiger partial charge in [0, 0.05) is 22.6 Å². The van der Waals surface area contributed by atoms with E-state index in [1.54, 1.807) is 13.2 Å². The first kappa shape index (κ1) is 13.2. The standard InChI is InChI=1S/C16H17NO2S/c1-18-12-6-7-15(14(17)8-12)19-9-11-10-20-16-5-3-2-4-13(11)16/h2-8,11H,9-10,17H2,1H3. The largest absolute Gasteiger partial charge is 0.497 e. The molecule has 2 aromatic rings. The maximum atomic E-state index is 5.97. The van der Waals surface area contributed by atoms with Gasteiger partial charge in [0.05, 0.1) is 19.4 Å². The zero-order valence-corrected chi connectivity index (χ0v) is 12.2. The van der Waals surface area contributed by atoms with Gasteiger partial charge in [0.25, 0.3) is 0 Å². The van der Waals surface area contributed by atoms with Crippen LogP contribution in [0.5, 0.6) is 11.5 Å². The van der Waals surface area contributed by atoms with Crippen LogP contribution in [-0.4, -0.2) is 19.5 Å². The number of methoxy groups -OCH3 is 1. The van der Waals surface area contributed by atoms with Crippen LogP contribution in [-0.2, 0) is 0 Å². The monoisotopic (exact) mass is 287 g/mol. The zero-order valence-electron chi connectivity index (χ0n) is 11.3. The molecule has 1 unspecified atom stereocenters. The van der Waals surface area contributed by atoms with Crippen LogP contribution in [0.2, 0.25) is 0 Å². The first-order valence-corrected chi connectivity index (χ1v) is 7.54. The first-order chi connectivity index (χ1) is 9.78. The number of rotatable bonds is 4. The molecule has 2 N–H and O–H groups in total. The lowest BCUT2D eigenvalue weighted by atomic mass is 10.0. The number of nitrogens with two attached hydrogens (primary N) is 1. The van der Waals surface area contributed by atoms with Crippen LogP contribution in [0.1, 0.15) is 11.5 Å². The van der Waals surface area contributed by atoms with Gasteiger partial charge in [-0.05, 0) is 23.8 Å². The van der Waals surface area contributed by atoms with E-state index in [0.29, 0.717) is 18.2 Å². The summed E-state index contributed by atoms with van der Waals surface area (Å²) in [6.07, 6.45) is 0. The zero-order chi connectivity index (χ0) is 13.9. The van der Waals surface area contributed by atoms with Gasteiger partial charge in [0.1, 0.15) is 11.5 Å². The Kier molecular flexibility index (Phi) is 3.74. The maximum Gasteiger partial charge on any atom is 0.142 e. The minimum absolute atomic E-state index is 0.428. The van der Waals surface area contributed by atoms with Gasteiger partial charge in [-0.3, -0.25) is 0 Å². The van der Waals surface area contributed by atoms with E-state index in [2.05, 4.69) is 24.3 Å². The highest BCUT2D eigenvalue weighted by Gasteiger charge is 2.23. The Labute approximate surface area is 123 Å². The molecule has 0 radical (unpaired) electrons. The minimum atomic E-state index is 0.428. The smallest absolute Gasteiger partial charge is 0.142 e. The van der Waals surface area contributed by atoms with Gasteiger partial charge in [0.15, 0.2) is 0 Å². The van der Waals surface area contributed by atoms with E-state index in [1.807, 2.05) is 23.9 Å². The summed E-state index contributed by atoms with van der Waals surface area (Å²) in [6.45, 7) is 0.653. The Morgan fingerprint density at radius 2 is 2.10 bits per heavy atom. The van der Waals surface area contributed by atoms with Crippen molar-refractivity contribution in [3.8, 4) is 11.5 Å². The Balaban J connectivity index is 1.69. The SMILES string of the molecule is COc1ccc(OCC2CSc3ccccc32)c(N)c1. The summed E-state index contributed by atoms with van der Waals surface area (Å²) >= 11 is 1.89. The fourth-order valence-corrected chi connectivity index (χ4v) is 3.58. The van der Waals surface area contributed by atoms with Crippen molar-refractivity contribution in [3.63, 3.8) is 0 Å². The van der Waals surface area contributed by atoms with Crippen LogP contribution in [0.4, 0.5) is 5.69 Å². The molecule has 0 spiro atoms. The highest BCUT2D eigenvalue weighted by atomic mass is 32.2. The van der Waals surface area contributed by atoms with Crippen LogP contribution < -0.4 is 15.2 Å². The predicted molar refractivity (Wildman–Crippen MR) is 82.8 cm³/mol. The summed E-state index contributed by atoms with van der Waals surface area (Å²) in [5, 5.41) is 0. The molecule has 0 aliphatic carbocycles. The second-order valence-corrected chi connectivity index (χ2v) is 5.82. The Bertz CT molecular complexity index is 615. The third-order valence-corrected chi connectivity index (χ3v) is 4.71. The lowest BCUT2D eigenvalue weighted by molar-refractivity contribution is 0.299. The van der Waals surface area contributed by atoms with Crippen LogP contribution >= 0.6 is 11.8 Å². The van der Waals surface area contributed by atoms with Gasteiger partial charge in [-0.2, -0.15) is 0 Å². The number of fused-ring (bicyclic) bond motifs is 1. The summed E-state index contributed by atoms with van der Waals surface area (Å²) < 4.78 is 11.0. The van der Waals surface area contributed by atoms with E-state index >= 15 is 0 Å². The number of anilines is 1. The highest BCUT2D eigenvalue weighted by molar-refractivity contribution is 7.99. The minimum Gasteiger partial charge on any atom is -0.497 e. The summed E-state index contributed by atoms with van der Waals surface area (Å²) in [4.78, 5) is 1.36. The molecule has 104 valence electrons. The normalized spacial score (nSPS) is 16.8. The summed E-state index contributed by atoms with van der Waals surface area (Å²) in [7, 11) is 1.63. The van der Waals surface area contributed by atoms with Crippen molar-refractivity contribution in [1.82, 2.24) is 0 Å². The third kappa shape index (κ3) is 2.56. The van der Waals surface area contributed by atoms with Crippen molar-refractivity contribution >= 4 is 17.4 Å². The highest BCUT2D eigenvalue weighted by Crippen LogP contribution is 2.39. The maximum absolute atomic E-state index is 5.97. The molecule has 3 rings (SSSR count). The number of hydrogen-bond acceptors (Lipinski definition) is 4. The second kappa shape index (κ2) is 5.67. The Hall–Kier alpha value is -1.81. The molecule has 0 amide bonds. The lowest BCUT2D eigenvalue weighted by Crippen LogP contribution is -2.10. The average molecular weight is 287 g/mol. The molecule has 3 nitrogen and oxygen atoms in total. The van der Waals surface area contributed by atoms with Gasteiger partial charge < -0.3 is 15.2 Å². The molecule has 0 saturated heterocycles. The molecule has 1 atom stereocenters. The molecule has 0 fully saturated rings. The molecule has 1 aliphatic rings. The molecule has 20 heavy (non-hydrogen) atoms. The predicted octanol–water partition coefficient (Wildman–Crippen LogP) is 3.55. The van der Waals surface area contributed by atoms with Gasteiger partial charge in [0.2, 0.25) is 0 Å². The fraction of sp³-hybridized carbons (Fsp3) is 0.250. The molecule has 1 heterocycles. The van der Waals surface area contributed by atoms with E-state index in [9.17, 15) is 0 Å². The summed E-state index contributed by atoms with van der Waals surface area (Å²) in [5.41, 5.74) is 7.96. The quantitative estimate of drug-likeness (QED) is 0.874. The van der Waals surface area contributed by atoms with Gasteiger partial charge in [-0.1, -0.05) is 18.2 Å². The van der Waals surface area contributed by atoms with E-state index in [1.165, 1.54) is 10.5 Å². The summed E-state index contributed by atoms with van der Waals surface area (Å²) in [5.74, 6) is 2.96. The number of benzene rings is 2. The molecule has 1 aliphatic heterocycles. The number of ether oxygens (including phenoxy) is 2. The molecule has 0 aromatic heterocycles. The van der Waals surface area contributed by atoms with Crippen LogP contribution in [0.25, 0.3) is 0 Å². The molecule has 0 saturated carbocycles. The van der Waals surface area contributed by atoms with E-state index in [0.717, 1.165) is 17.3 Å². The van der Waals surface area contributed by atoms with Crippen molar-refractivity contribution in [1.29, 1.82) is 0 Å². The third-order valence-electron chi connectivity index (χ3n) is 3.46. The lowest BCUT2D eigenvalue weighted by Gasteiger charge is -2.14. The fourth-order valence-electron chi connectivity index (χ4n) is 2.34. The summed E-state index contributed by atoms with van der Waals surface area (Å²) in [6, 6.07) is 14.0.